The molecule has 0 bridgehead atoms. The monoisotopic (exact) mass is 372 g/mol. The predicted molar refractivity (Wildman–Crippen MR) is 84.1 cm³/mol. The molecule has 0 aliphatic carbocycles. The van der Waals surface area contributed by atoms with Crippen molar-refractivity contribution in [1.29, 1.82) is 0 Å². The first-order valence-corrected chi connectivity index (χ1v) is 7.15. The van der Waals surface area contributed by atoms with Crippen molar-refractivity contribution < 1.29 is 5.11 Å². The minimum absolute atomic E-state index is 0.615. The highest BCUT2D eigenvalue weighted by Gasteiger charge is 2.15. The molecule has 2 aromatic carbocycles. The van der Waals surface area contributed by atoms with E-state index in [0.717, 1.165) is 25.8 Å². The molecule has 18 heavy (non-hydrogen) atoms. The van der Waals surface area contributed by atoms with Gasteiger partial charge in [-0.3, -0.25) is 0 Å². The smallest absolute Gasteiger partial charge is 0.106 e. The van der Waals surface area contributed by atoms with E-state index in [4.69, 9.17) is 11.6 Å². The summed E-state index contributed by atoms with van der Waals surface area (Å²) >= 11 is 8.46. The first-order chi connectivity index (χ1) is 8.49. The molecule has 1 unspecified atom stereocenters. The zero-order valence-corrected chi connectivity index (χ0v) is 13.2. The van der Waals surface area contributed by atoms with Gasteiger partial charge in [0.2, 0.25) is 0 Å². The highest BCUT2D eigenvalue weighted by Crippen LogP contribution is 2.31. The Morgan fingerprint density at radius 1 is 1.11 bits per heavy atom. The Balaban J connectivity index is 2.46. The van der Waals surface area contributed by atoms with Gasteiger partial charge in [0, 0.05) is 14.2 Å². The molecule has 0 amide bonds. The Kier molecular flexibility index (Phi) is 4.30. The number of aryl methyl sites for hydroxylation is 2. The molecule has 0 saturated carbocycles. The average Bonchev–Trinajstić information content (AvgIpc) is 2.33. The van der Waals surface area contributed by atoms with Crippen LogP contribution in [-0.2, 0) is 0 Å². The van der Waals surface area contributed by atoms with Gasteiger partial charge in [0.15, 0.2) is 0 Å². The molecule has 3 heteroatoms. The van der Waals surface area contributed by atoms with E-state index in [9.17, 15) is 5.11 Å². The number of aliphatic hydroxyl groups excluding tert-OH is 1. The van der Waals surface area contributed by atoms with E-state index >= 15 is 0 Å². The van der Waals surface area contributed by atoms with Gasteiger partial charge in [0.05, 0.1) is 0 Å². The molecule has 94 valence electrons. The molecule has 0 radical (unpaired) electrons. The number of aliphatic hydroxyl groups is 1. The maximum atomic E-state index is 10.4. The second kappa shape index (κ2) is 5.59. The van der Waals surface area contributed by atoms with Crippen LogP contribution in [0.1, 0.15) is 28.4 Å². The fourth-order valence-corrected chi connectivity index (χ4v) is 2.76. The van der Waals surface area contributed by atoms with Gasteiger partial charge in [-0.05, 0) is 71.3 Å². The minimum Gasteiger partial charge on any atom is -0.384 e. The Hall–Kier alpha value is -0.580. The summed E-state index contributed by atoms with van der Waals surface area (Å²) in [7, 11) is 0. The van der Waals surface area contributed by atoms with E-state index in [1.807, 2.05) is 50.2 Å². The van der Waals surface area contributed by atoms with E-state index in [1.165, 1.54) is 0 Å². The number of hydrogen-bond donors (Lipinski definition) is 1. The van der Waals surface area contributed by atoms with Crippen LogP contribution in [0.15, 0.2) is 36.4 Å². The summed E-state index contributed by atoms with van der Waals surface area (Å²) in [6, 6.07) is 11.7. The Morgan fingerprint density at radius 2 is 1.78 bits per heavy atom. The molecule has 2 rings (SSSR count). The van der Waals surface area contributed by atoms with Crippen LogP contribution in [-0.4, -0.2) is 5.11 Å². The van der Waals surface area contributed by atoms with Crippen molar-refractivity contribution in [3.05, 3.63) is 67.2 Å². The zero-order valence-electron chi connectivity index (χ0n) is 10.2. The summed E-state index contributed by atoms with van der Waals surface area (Å²) in [5.41, 5.74) is 3.91. The summed E-state index contributed by atoms with van der Waals surface area (Å²) < 4.78 is 1.10. The third kappa shape index (κ3) is 2.87. The van der Waals surface area contributed by atoms with Crippen molar-refractivity contribution in [2.75, 3.05) is 0 Å². The summed E-state index contributed by atoms with van der Waals surface area (Å²) in [5, 5.41) is 11.0. The molecule has 0 fully saturated rings. The van der Waals surface area contributed by atoms with E-state index in [-0.39, 0.29) is 0 Å². The van der Waals surface area contributed by atoms with Gasteiger partial charge in [-0.15, -0.1) is 0 Å². The molecule has 0 saturated heterocycles. The minimum atomic E-state index is -0.675. The highest BCUT2D eigenvalue weighted by molar-refractivity contribution is 14.1. The van der Waals surface area contributed by atoms with Gasteiger partial charge >= 0.3 is 0 Å². The van der Waals surface area contributed by atoms with Crippen molar-refractivity contribution >= 4 is 34.2 Å². The van der Waals surface area contributed by atoms with Crippen LogP contribution in [0.4, 0.5) is 0 Å². The third-order valence-corrected chi connectivity index (χ3v) is 4.07. The molecule has 0 aliphatic heterocycles. The Bertz CT molecular complexity index is 581. The van der Waals surface area contributed by atoms with Crippen LogP contribution in [0.2, 0.25) is 5.02 Å². The predicted octanol–water partition coefficient (Wildman–Crippen LogP) is 4.64. The Labute approximate surface area is 126 Å². The fraction of sp³-hybridized carbons (Fsp3) is 0.200. The molecular formula is C15H14ClIO. The molecule has 1 nitrogen and oxygen atoms in total. The average molecular weight is 373 g/mol. The third-order valence-electron chi connectivity index (χ3n) is 3.07. The Morgan fingerprint density at radius 3 is 2.44 bits per heavy atom. The van der Waals surface area contributed by atoms with E-state index in [1.54, 1.807) is 0 Å². The SMILES string of the molecule is Cc1cc(Cl)c(C(O)c2cccc(I)c2)cc1C. The van der Waals surface area contributed by atoms with E-state index in [2.05, 4.69) is 22.6 Å². The molecule has 2 aromatic rings. The maximum Gasteiger partial charge on any atom is 0.106 e. The number of rotatable bonds is 2. The van der Waals surface area contributed by atoms with Crippen LogP contribution >= 0.6 is 34.2 Å². The van der Waals surface area contributed by atoms with Crippen LogP contribution in [0.25, 0.3) is 0 Å². The van der Waals surface area contributed by atoms with Gasteiger partial charge in [-0.25, -0.2) is 0 Å². The summed E-state index contributed by atoms with van der Waals surface area (Å²) in [5.74, 6) is 0. The van der Waals surface area contributed by atoms with Gasteiger partial charge in [0.1, 0.15) is 6.10 Å². The number of hydrogen-bond acceptors (Lipinski definition) is 1. The number of halogens is 2. The quantitative estimate of drug-likeness (QED) is 0.761. The summed E-state index contributed by atoms with van der Waals surface area (Å²) in [4.78, 5) is 0. The molecule has 0 aromatic heterocycles. The lowest BCUT2D eigenvalue weighted by atomic mass is 9.98. The normalized spacial score (nSPS) is 12.5. The molecule has 0 aliphatic rings. The molecule has 0 spiro atoms. The van der Waals surface area contributed by atoms with Crippen molar-refractivity contribution in [2.45, 2.75) is 20.0 Å². The summed E-state index contributed by atoms with van der Waals surface area (Å²) in [6.07, 6.45) is -0.675. The van der Waals surface area contributed by atoms with Crippen LogP contribution in [0.3, 0.4) is 0 Å². The van der Waals surface area contributed by atoms with Crippen molar-refractivity contribution in [2.24, 2.45) is 0 Å². The first-order valence-electron chi connectivity index (χ1n) is 5.69. The lowest BCUT2D eigenvalue weighted by Gasteiger charge is -2.15. The highest BCUT2D eigenvalue weighted by atomic mass is 127. The van der Waals surface area contributed by atoms with E-state index < -0.39 is 6.10 Å². The largest absolute Gasteiger partial charge is 0.384 e. The second-order valence-electron chi connectivity index (χ2n) is 4.42. The van der Waals surface area contributed by atoms with Gasteiger partial charge in [0.25, 0.3) is 0 Å². The fourth-order valence-electron chi connectivity index (χ4n) is 1.87. The van der Waals surface area contributed by atoms with Gasteiger partial charge in [-0.1, -0.05) is 29.8 Å². The van der Waals surface area contributed by atoms with Crippen LogP contribution < -0.4 is 0 Å². The maximum absolute atomic E-state index is 10.4. The second-order valence-corrected chi connectivity index (χ2v) is 6.07. The molecular weight excluding hydrogens is 359 g/mol. The van der Waals surface area contributed by atoms with Crippen molar-refractivity contribution in [3.63, 3.8) is 0 Å². The lowest BCUT2D eigenvalue weighted by molar-refractivity contribution is 0.220. The molecule has 0 heterocycles. The van der Waals surface area contributed by atoms with Gasteiger partial charge < -0.3 is 5.11 Å². The van der Waals surface area contributed by atoms with E-state index in [0.29, 0.717) is 5.02 Å². The topological polar surface area (TPSA) is 20.2 Å². The van der Waals surface area contributed by atoms with Crippen LogP contribution in [0, 0.1) is 17.4 Å². The molecule has 1 atom stereocenters. The zero-order chi connectivity index (χ0) is 13.3. The van der Waals surface area contributed by atoms with Crippen LogP contribution in [0.5, 0.6) is 0 Å². The van der Waals surface area contributed by atoms with Gasteiger partial charge in [-0.2, -0.15) is 0 Å². The molecule has 1 N–H and O–H groups in total. The standard InChI is InChI=1S/C15H14ClIO/c1-9-6-13(14(16)7-10(9)2)15(18)11-4-3-5-12(17)8-11/h3-8,15,18H,1-2H3. The number of benzene rings is 2. The lowest BCUT2D eigenvalue weighted by Crippen LogP contribution is -2.02. The van der Waals surface area contributed by atoms with Crippen molar-refractivity contribution in [1.82, 2.24) is 0 Å². The first kappa shape index (κ1) is 13.8. The summed E-state index contributed by atoms with van der Waals surface area (Å²) in [6.45, 7) is 4.04. The van der Waals surface area contributed by atoms with Crippen molar-refractivity contribution in [3.8, 4) is 0 Å².